The fourth-order valence-corrected chi connectivity index (χ4v) is 2.44. The molecule has 0 saturated heterocycles. The topological polar surface area (TPSA) is 47.6 Å². The van der Waals surface area contributed by atoms with Crippen molar-refractivity contribution in [2.75, 3.05) is 19.0 Å². The van der Waals surface area contributed by atoms with Crippen molar-refractivity contribution < 1.29 is 18.7 Å². The molecule has 0 aliphatic carbocycles. The zero-order valence-electron chi connectivity index (χ0n) is 12.1. The highest BCUT2D eigenvalue weighted by Gasteiger charge is 2.26. The Morgan fingerprint density at radius 1 is 1.27 bits per heavy atom. The van der Waals surface area contributed by atoms with E-state index in [-0.39, 0.29) is 17.6 Å². The molecule has 114 valence electrons. The normalized spacial score (nSPS) is 16.4. The van der Waals surface area contributed by atoms with Crippen LogP contribution in [0.1, 0.15) is 5.56 Å². The summed E-state index contributed by atoms with van der Waals surface area (Å²) in [6, 6.07) is 11.3. The van der Waals surface area contributed by atoms with Crippen LogP contribution in [0.4, 0.5) is 10.1 Å². The fourth-order valence-electron chi connectivity index (χ4n) is 2.44. The second-order valence-electron chi connectivity index (χ2n) is 5.18. The summed E-state index contributed by atoms with van der Waals surface area (Å²) in [6.07, 6.45) is 0.583. The van der Waals surface area contributed by atoms with Gasteiger partial charge in [-0.3, -0.25) is 4.79 Å². The van der Waals surface area contributed by atoms with Crippen LogP contribution in [0.3, 0.4) is 0 Å². The average molecular weight is 301 g/mol. The van der Waals surface area contributed by atoms with Gasteiger partial charge in [0.25, 0.3) is 0 Å². The highest BCUT2D eigenvalue weighted by Crippen LogP contribution is 2.31. The zero-order valence-corrected chi connectivity index (χ0v) is 12.1. The number of hydrogen-bond acceptors (Lipinski definition) is 3. The lowest BCUT2D eigenvalue weighted by atomic mass is 9.95. The Morgan fingerprint density at radius 2 is 2.05 bits per heavy atom. The Hall–Kier alpha value is -2.56. The molecule has 1 N–H and O–H groups in total. The molecule has 5 heteroatoms. The monoisotopic (exact) mass is 301 g/mol. The van der Waals surface area contributed by atoms with Gasteiger partial charge >= 0.3 is 0 Å². The number of hydrogen-bond donors (Lipinski definition) is 1. The van der Waals surface area contributed by atoms with Gasteiger partial charge in [0.15, 0.2) is 0 Å². The number of carbonyl (C=O) groups is 1. The van der Waals surface area contributed by atoms with E-state index in [0.717, 1.165) is 17.1 Å². The molecule has 1 aliphatic rings. The first-order valence-corrected chi connectivity index (χ1v) is 7.02. The van der Waals surface area contributed by atoms with Crippen molar-refractivity contribution in [1.29, 1.82) is 0 Å². The summed E-state index contributed by atoms with van der Waals surface area (Å²) in [5.41, 5.74) is 1.52. The molecule has 0 radical (unpaired) electrons. The Labute approximate surface area is 127 Å². The van der Waals surface area contributed by atoms with E-state index in [2.05, 4.69) is 5.32 Å². The molecule has 0 unspecified atom stereocenters. The standard InChI is InChI=1S/C17H16FNO3/c1-21-15-6-7-16-11(9-15)8-12(10-22-16)17(20)19-14-4-2-13(18)3-5-14/h2-7,9,12H,8,10H2,1H3,(H,19,20)/t12-/m0/s1. The van der Waals surface area contributed by atoms with Gasteiger partial charge in [-0.05, 0) is 54.4 Å². The van der Waals surface area contributed by atoms with Crippen molar-refractivity contribution in [3.05, 3.63) is 53.8 Å². The first kappa shape index (κ1) is 14.4. The van der Waals surface area contributed by atoms with Crippen molar-refractivity contribution >= 4 is 11.6 Å². The van der Waals surface area contributed by atoms with E-state index in [1.165, 1.54) is 24.3 Å². The molecule has 0 aromatic heterocycles. The van der Waals surface area contributed by atoms with E-state index in [9.17, 15) is 9.18 Å². The number of halogens is 1. The van der Waals surface area contributed by atoms with Crippen LogP contribution in [-0.2, 0) is 11.2 Å². The lowest BCUT2D eigenvalue weighted by Gasteiger charge is -2.25. The van der Waals surface area contributed by atoms with Gasteiger partial charge in [-0.2, -0.15) is 0 Å². The SMILES string of the molecule is COc1ccc2c(c1)C[C@H](C(=O)Nc1ccc(F)cc1)CO2. The number of carbonyl (C=O) groups excluding carboxylic acids is 1. The predicted octanol–water partition coefficient (Wildman–Crippen LogP) is 3.02. The van der Waals surface area contributed by atoms with Crippen molar-refractivity contribution in [2.45, 2.75) is 6.42 Å². The number of fused-ring (bicyclic) bond motifs is 1. The summed E-state index contributed by atoms with van der Waals surface area (Å²) in [6.45, 7) is 0.326. The lowest BCUT2D eigenvalue weighted by molar-refractivity contribution is -0.121. The molecule has 1 atom stereocenters. The fraction of sp³-hybridized carbons (Fsp3) is 0.235. The number of anilines is 1. The maximum absolute atomic E-state index is 12.9. The van der Waals surface area contributed by atoms with E-state index in [4.69, 9.17) is 9.47 Å². The van der Waals surface area contributed by atoms with Crippen LogP contribution in [0.2, 0.25) is 0 Å². The molecule has 0 fully saturated rings. The van der Waals surface area contributed by atoms with Crippen LogP contribution in [0.5, 0.6) is 11.5 Å². The average Bonchev–Trinajstić information content (AvgIpc) is 2.55. The highest BCUT2D eigenvalue weighted by molar-refractivity contribution is 5.93. The van der Waals surface area contributed by atoms with E-state index < -0.39 is 0 Å². The minimum absolute atomic E-state index is 0.139. The smallest absolute Gasteiger partial charge is 0.231 e. The minimum atomic E-state index is -0.333. The number of nitrogens with one attached hydrogen (secondary N) is 1. The van der Waals surface area contributed by atoms with Crippen molar-refractivity contribution in [3.63, 3.8) is 0 Å². The second kappa shape index (κ2) is 6.05. The quantitative estimate of drug-likeness (QED) is 0.948. The highest BCUT2D eigenvalue weighted by atomic mass is 19.1. The minimum Gasteiger partial charge on any atom is -0.497 e. The third-order valence-corrected chi connectivity index (χ3v) is 3.66. The molecule has 0 spiro atoms. The van der Waals surface area contributed by atoms with Gasteiger partial charge in [-0.1, -0.05) is 0 Å². The first-order chi connectivity index (χ1) is 10.7. The van der Waals surface area contributed by atoms with Crippen molar-refractivity contribution in [1.82, 2.24) is 0 Å². The number of methoxy groups -OCH3 is 1. The Morgan fingerprint density at radius 3 is 2.77 bits per heavy atom. The molecule has 2 aromatic carbocycles. The Bertz CT molecular complexity index is 685. The van der Waals surface area contributed by atoms with Gasteiger partial charge in [-0.25, -0.2) is 4.39 Å². The van der Waals surface area contributed by atoms with Gasteiger partial charge in [0.1, 0.15) is 23.9 Å². The summed E-state index contributed by atoms with van der Waals surface area (Å²) < 4.78 is 23.7. The molecule has 1 aliphatic heterocycles. The van der Waals surface area contributed by atoms with E-state index in [0.29, 0.717) is 18.7 Å². The molecule has 0 bridgehead atoms. The Balaban J connectivity index is 1.70. The third kappa shape index (κ3) is 3.03. The van der Waals surface area contributed by atoms with Gasteiger partial charge in [0.2, 0.25) is 5.91 Å². The maximum atomic E-state index is 12.9. The molecular weight excluding hydrogens is 285 g/mol. The van der Waals surface area contributed by atoms with Crippen LogP contribution in [-0.4, -0.2) is 19.6 Å². The number of ether oxygens (including phenoxy) is 2. The predicted molar refractivity (Wildman–Crippen MR) is 80.7 cm³/mol. The van der Waals surface area contributed by atoms with Crippen LogP contribution in [0.15, 0.2) is 42.5 Å². The molecule has 1 amide bonds. The zero-order chi connectivity index (χ0) is 15.5. The summed E-state index contributed by atoms with van der Waals surface area (Å²) in [5.74, 6) is 0.762. The van der Waals surface area contributed by atoms with Crippen molar-refractivity contribution in [2.24, 2.45) is 5.92 Å². The number of rotatable bonds is 3. The summed E-state index contributed by atoms with van der Waals surface area (Å²) in [5, 5.41) is 2.78. The van der Waals surface area contributed by atoms with Crippen LogP contribution in [0, 0.1) is 11.7 Å². The molecule has 22 heavy (non-hydrogen) atoms. The molecular formula is C17H16FNO3. The van der Waals surface area contributed by atoms with Gasteiger partial charge in [0, 0.05) is 5.69 Å². The third-order valence-electron chi connectivity index (χ3n) is 3.66. The van der Waals surface area contributed by atoms with E-state index in [1.54, 1.807) is 7.11 Å². The van der Waals surface area contributed by atoms with E-state index in [1.807, 2.05) is 18.2 Å². The molecule has 4 nitrogen and oxygen atoms in total. The van der Waals surface area contributed by atoms with Gasteiger partial charge < -0.3 is 14.8 Å². The van der Waals surface area contributed by atoms with Crippen molar-refractivity contribution in [3.8, 4) is 11.5 Å². The molecule has 1 heterocycles. The van der Waals surface area contributed by atoms with Crippen LogP contribution < -0.4 is 14.8 Å². The van der Waals surface area contributed by atoms with Gasteiger partial charge in [-0.15, -0.1) is 0 Å². The largest absolute Gasteiger partial charge is 0.497 e. The van der Waals surface area contributed by atoms with Crippen LogP contribution >= 0.6 is 0 Å². The summed E-state index contributed by atoms with van der Waals surface area (Å²) in [7, 11) is 1.60. The summed E-state index contributed by atoms with van der Waals surface area (Å²) in [4.78, 5) is 12.3. The molecule has 0 saturated carbocycles. The maximum Gasteiger partial charge on any atom is 0.231 e. The first-order valence-electron chi connectivity index (χ1n) is 7.02. The molecule has 3 rings (SSSR count). The Kier molecular flexibility index (Phi) is 3.96. The van der Waals surface area contributed by atoms with Gasteiger partial charge in [0.05, 0.1) is 13.0 Å². The number of amides is 1. The van der Waals surface area contributed by atoms with Crippen LogP contribution in [0.25, 0.3) is 0 Å². The molecule has 2 aromatic rings. The number of benzene rings is 2. The van der Waals surface area contributed by atoms with E-state index >= 15 is 0 Å². The summed E-state index contributed by atoms with van der Waals surface area (Å²) >= 11 is 0. The lowest BCUT2D eigenvalue weighted by Crippen LogP contribution is -2.32. The second-order valence-corrected chi connectivity index (χ2v) is 5.18.